The summed E-state index contributed by atoms with van der Waals surface area (Å²) in [5.74, 6) is 0. The Balaban J connectivity index is 0.00000208. The summed E-state index contributed by atoms with van der Waals surface area (Å²) in [5, 5.41) is 3.08. The Kier molecular flexibility index (Phi) is 6.23. The van der Waals surface area contributed by atoms with E-state index < -0.39 is 0 Å². The molecule has 0 saturated heterocycles. The molecule has 4 nitrogen and oxygen atoms in total. The molecule has 5 heteroatoms. The number of halogens is 1. The SMILES string of the molecule is CN(C)C(CNC(=O)N1Cc2ccccc2C1)c1ccccc1.Cl. The lowest BCUT2D eigenvalue weighted by atomic mass is 10.1. The molecular weight excluding hydrogens is 322 g/mol. The van der Waals surface area contributed by atoms with Gasteiger partial charge in [0.2, 0.25) is 0 Å². The number of hydrogen-bond acceptors (Lipinski definition) is 2. The lowest BCUT2D eigenvalue weighted by Gasteiger charge is -2.26. The van der Waals surface area contributed by atoms with Crippen molar-refractivity contribution in [1.29, 1.82) is 0 Å². The zero-order valence-corrected chi connectivity index (χ0v) is 14.9. The van der Waals surface area contributed by atoms with E-state index in [0.717, 1.165) is 0 Å². The van der Waals surface area contributed by atoms with E-state index >= 15 is 0 Å². The Hall–Kier alpha value is -2.04. The van der Waals surface area contributed by atoms with Gasteiger partial charge < -0.3 is 15.1 Å². The van der Waals surface area contributed by atoms with E-state index in [-0.39, 0.29) is 24.5 Å². The van der Waals surface area contributed by atoms with Crippen LogP contribution in [0, 0.1) is 0 Å². The van der Waals surface area contributed by atoms with Gasteiger partial charge in [-0.15, -0.1) is 12.4 Å². The van der Waals surface area contributed by atoms with E-state index in [2.05, 4.69) is 34.5 Å². The predicted octanol–water partition coefficient (Wildman–Crippen LogP) is 3.44. The van der Waals surface area contributed by atoms with E-state index in [4.69, 9.17) is 0 Å². The van der Waals surface area contributed by atoms with Gasteiger partial charge in [0.25, 0.3) is 0 Å². The van der Waals surface area contributed by atoms with Gasteiger partial charge in [0.15, 0.2) is 0 Å². The van der Waals surface area contributed by atoms with Crippen LogP contribution in [0.5, 0.6) is 0 Å². The average Bonchev–Trinajstić information content (AvgIpc) is 2.99. The molecule has 0 aromatic heterocycles. The number of carbonyl (C=O) groups excluding carboxylic acids is 1. The van der Waals surface area contributed by atoms with E-state index in [1.54, 1.807) is 0 Å². The molecule has 1 heterocycles. The van der Waals surface area contributed by atoms with Crippen LogP contribution in [-0.2, 0) is 13.1 Å². The summed E-state index contributed by atoms with van der Waals surface area (Å²) in [6.45, 7) is 1.99. The second-order valence-electron chi connectivity index (χ2n) is 6.20. The smallest absolute Gasteiger partial charge is 0.318 e. The fourth-order valence-electron chi connectivity index (χ4n) is 3.05. The monoisotopic (exact) mass is 345 g/mol. The molecule has 1 unspecified atom stereocenters. The minimum Gasteiger partial charge on any atom is -0.336 e. The Morgan fingerprint density at radius 3 is 2.12 bits per heavy atom. The summed E-state index contributed by atoms with van der Waals surface area (Å²) in [5.41, 5.74) is 3.70. The Morgan fingerprint density at radius 2 is 1.58 bits per heavy atom. The van der Waals surface area contributed by atoms with Crippen LogP contribution in [0.15, 0.2) is 54.6 Å². The molecule has 0 bridgehead atoms. The van der Waals surface area contributed by atoms with Gasteiger partial charge in [0.1, 0.15) is 0 Å². The lowest BCUT2D eigenvalue weighted by molar-refractivity contribution is 0.193. The molecule has 2 aromatic rings. The maximum Gasteiger partial charge on any atom is 0.318 e. The normalized spacial score (nSPS) is 14.0. The number of likely N-dealkylation sites (N-methyl/N-ethyl adjacent to an activating group) is 1. The molecule has 2 aromatic carbocycles. The van der Waals surface area contributed by atoms with Crippen molar-refractivity contribution in [3.63, 3.8) is 0 Å². The van der Waals surface area contributed by atoms with Gasteiger partial charge in [-0.05, 0) is 30.8 Å². The first-order chi connectivity index (χ1) is 11.1. The molecule has 2 amide bonds. The fraction of sp³-hybridized carbons (Fsp3) is 0.316. The van der Waals surface area contributed by atoms with Gasteiger partial charge in [-0.3, -0.25) is 0 Å². The zero-order valence-electron chi connectivity index (χ0n) is 14.1. The number of fused-ring (bicyclic) bond motifs is 1. The lowest BCUT2D eigenvalue weighted by Crippen LogP contribution is -2.41. The largest absolute Gasteiger partial charge is 0.336 e. The second kappa shape index (κ2) is 8.18. The highest BCUT2D eigenvalue weighted by Crippen LogP contribution is 2.22. The molecule has 3 rings (SSSR count). The molecule has 1 aliphatic rings. The molecule has 1 aliphatic heterocycles. The van der Waals surface area contributed by atoms with Crippen molar-refractivity contribution in [1.82, 2.24) is 15.1 Å². The van der Waals surface area contributed by atoms with Crippen LogP contribution in [0.3, 0.4) is 0 Å². The van der Waals surface area contributed by atoms with Crippen LogP contribution in [0.25, 0.3) is 0 Å². The molecular formula is C19H24ClN3O. The number of carbonyl (C=O) groups is 1. The number of hydrogen-bond donors (Lipinski definition) is 1. The highest BCUT2D eigenvalue weighted by molar-refractivity contribution is 5.85. The number of rotatable bonds is 4. The van der Waals surface area contributed by atoms with Crippen molar-refractivity contribution in [3.8, 4) is 0 Å². The van der Waals surface area contributed by atoms with Crippen molar-refractivity contribution in [3.05, 3.63) is 71.3 Å². The van der Waals surface area contributed by atoms with Crippen molar-refractivity contribution in [2.45, 2.75) is 19.1 Å². The third-order valence-electron chi connectivity index (χ3n) is 4.38. The molecule has 1 N–H and O–H groups in total. The zero-order chi connectivity index (χ0) is 16.2. The van der Waals surface area contributed by atoms with E-state index in [1.165, 1.54) is 16.7 Å². The first-order valence-electron chi connectivity index (χ1n) is 7.96. The molecule has 0 spiro atoms. The van der Waals surface area contributed by atoms with Crippen molar-refractivity contribution in [2.24, 2.45) is 0 Å². The number of benzene rings is 2. The van der Waals surface area contributed by atoms with E-state index in [1.807, 2.05) is 49.3 Å². The number of nitrogens with zero attached hydrogens (tertiary/aromatic N) is 2. The van der Waals surface area contributed by atoms with Gasteiger partial charge in [0, 0.05) is 19.6 Å². The summed E-state index contributed by atoms with van der Waals surface area (Å²) in [6.07, 6.45) is 0. The van der Waals surface area contributed by atoms with E-state index in [9.17, 15) is 4.79 Å². The molecule has 128 valence electrons. The predicted molar refractivity (Wildman–Crippen MR) is 99.2 cm³/mol. The topological polar surface area (TPSA) is 35.6 Å². The molecule has 1 atom stereocenters. The Morgan fingerprint density at radius 1 is 1.04 bits per heavy atom. The van der Waals surface area contributed by atoms with Gasteiger partial charge in [-0.25, -0.2) is 4.79 Å². The summed E-state index contributed by atoms with van der Waals surface area (Å²) in [4.78, 5) is 16.5. The van der Waals surface area contributed by atoms with Crippen molar-refractivity contribution >= 4 is 18.4 Å². The van der Waals surface area contributed by atoms with Crippen LogP contribution in [0.2, 0.25) is 0 Å². The summed E-state index contributed by atoms with van der Waals surface area (Å²) >= 11 is 0. The molecule has 0 saturated carbocycles. The van der Waals surface area contributed by atoms with Crippen molar-refractivity contribution in [2.75, 3.05) is 20.6 Å². The maximum absolute atomic E-state index is 12.5. The standard InChI is InChI=1S/C19H23N3O.ClH/c1-21(2)18(15-8-4-3-5-9-15)12-20-19(23)22-13-16-10-6-7-11-17(16)14-22;/h3-11,18H,12-14H2,1-2H3,(H,20,23);1H. The van der Waals surface area contributed by atoms with Crippen LogP contribution in [0.4, 0.5) is 4.79 Å². The van der Waals surface area contributed by atoms with E-state index in [0.29, 0.717) is 19.6 Å². The Bertz CT molecular complexity index is 650. The third-order valence-corrected chi connectivity index (χ3v) is 4.38. The minimum absolute atomic E-state index is 0. The summed E-state index contributed by atoms with van der Waals surface area (Å²) in [6, 6.07) is 18.7. The van der Waals surface area contributed by atoms with Gasteiger partial charge in [-0.2, -0.15) is 0 Å². The first kappa shape index (κ1) is 18.3. The quantitative estimate of drug-likeness (QED) is 0.921. The fourth-order valence-corrected chi connectivity index (χ4v) is 3.05. The third kappa shape index (κ3) is 4.08. The average molecular weight is 346 g/mol. The van der Waals surface area contributed by atoms with Crippen LogP contribution in [-0.4, -0.2) is 36.5 Å². The number of nitrogens with one attached hydrogen (secondary N) is 1. The van der Waals surface area contributed by atoms with Gasteiger partial charge >= 0.3 is 6.03 Å². The number of urea groups is 1. The second-order valence-corrected chi connectivity index (χ2v) is 6.20. The first-order valence-corrected chi connectivity index (χ1v) is 7.96. The summed E-state index contributed by atoms with van der Waals surface area (Å²) < 4.78 is 0. The minimum atomic E-state index is 0. The number of amides is 2. The van der Waals surface area contributed by atoms with Gasteiger partial charge in [-0.1, -0.05) is 54.6 Å². The van der Waals surface area contributed by atoms with Crippen molar-refractivity contribution < 1.29 is 4.79 Å². The van der Waals surface area contributed by atoms with Crippen LogP contribution < -0.4 is 5.32 Å². The van der Waals surface area contributed by atoms with Gasteiger partial charge in [0.05, 0.1) is 6.04 Å². The highest BCUT2D eigenvalue weighted by atomic mass is 35.5. The molecule has 0 radical (unpaired) electrons. The maximum atomic E-state index is 12.5. The summed E-state index contributed by atoms with van der Waals surface area (Å²) in [7, 11) is 4.07. The van der Waals surface area contributed by atoms with Crippen LogP contribution >= 0.6 is 12.4 Å². The van der Waals surface area contributed by atoms with Crippen LogP contribution in [0.1, 0.15) is 22.7 Å². The Labute approximate surface area is 149 Å². The molecule has 24 heavy (non-hydrogen) atoms. The molecule has 0 fully saturated rings. The highest BCUT2D eigenvalue weighted by Gasteiger charge is 2.23. The molecule has 0 aliphatic carbocycles.